The standard InChI is InChI=1S/C28H42N4O2/c1-18(2)25-24-22(21-9-7-8-10-23(21)29-24)15-16-32(25)26(33)20-13-11-19(12-14-20)17-31(6)27(34)30-28(3,4)5/h7-10,18-20,25,29H,11-17H2,1-6H3,(H,30,34). The molecule has 186 valence electrons. The van der Waals surface area contributed by atoms with Crippen molar-refractivity contribution < 1.29 is 9.59 Å². The van der Waals surface area contributed by atoms with Crippen molar-refractivity contribution in [3.63, 3.8) is 0 Å². The van der Waals surface area contributed by atoms with Crippen LogP contribution in [0.4, 0.5) is 4.79 Å². The molecule has 1 unspecified atom stereocenters. The topological polar surface area (TPSA) is 68.4 Å². The van der Waals surface area contributed by atoms with Gasteiger partial charge in [-0.05, 0) is 76.3 Å². The van der Waals surface area contributed by atoms with Crippen LogP contribution in [-0.2, 0) is 11.2 Å². The van der Waals surface area contributed by atoms with E-state index in [1.54, 1.807) is 4.90 Å². The van der Waals surface area contributed by atoms with Gasteiger partial charge < -0.3 is 20.1 Å². The van der Waals surface area contributed by atoms with E-state index >= 15 is 0 Å². The number of urea groups is 1. The lowest BCUT2D eigenvalue weighted by molar-refractivity contribution is -0.141. The van der Waals surface area contributed by atoms with Crippen LogP contribution in [0.2, 0.25) is 0 Å². The van der Waals surface area contributed by atoms with Gasteiger partial charge in [0.05, 0.1) is 6.04 Å². The Morgan fingerprint density at radius 2 is 1.82 bits per heavy atom. The van der Waals surface area contributed by atoms with Crippen molar-refractivity contribution in [1.82, 2.24) is 20.1 Å². The molecule has 3 amide bonds. The number of nitrogens with zero attached hydrogens (tertiary/aromatic N) is 2. The van der Waals surface area contributed by atoms with E-state index in [9.17, 15) is 9.59 Å². The van der Waals surface area contributed by atoms with Crippen LogP contribution in [0.1, 0.15) is 77.6 Å². The molecule has 2 N–H and O–H groups in total. The van der Waals surface area contributed by atoms with Crippen LogP contribution >= 0.6 is 0 Å². The van der Waals surface area contributed by atoms with Crippen LogP contribution in [0.3, 0.4) is 0 Å². The van der Waals surface area contributed by atoms with Crippen LogP contribution in [0.25, 0.3) is 10.9 Å². The monoisotopic (exact) mass is 466 g/mol. The summed E-state index contributed by atoms with van der Waals surface area (Å²) in [5.74, 6) is 1.22. The molecule has 1 fully saturated rings. The Bertz CT molecular complexity index is 1030. The van der Waals surface area contributed by atoms with Gasteiger partial charge in [0, 0.05) is 48.2 Å². The number of H-pyrrole nitrogens is 1. The van der Waals surface area contributed by atoms with E-state index in [2.05, 4.69) is 53.3 Å². The minimum Gasteiger partial charge on any atom is -0.356 e. The predicted octanol–water partition coefficient (Wildman–Crippen LogP) is 5.50. The molecule has 34 heavy (non-hydrogen) atoms. The summed E-state index contributed by atoms with van der Waals surface area (Å²) in [6, 6.07) is 8.58. The molecular formula is C28H42N4O2. The number of carbonyl (C=O) groups is 2. The summed E-state index contributed by atoms with van der Waals surface area (Å²) in [6.07, 6.45) is 4.75. The SMILES string of the molecule is CC(C)C1c2[nH]c3ccccc3c2CCN1C(=O)C1CCC(CN(C)C(=O)NC(C)(C)C)CC1. The van der Waals surface area contributed by atoms with Crippen LogP contribution in [0.5, 0.6) is 0 Å². The Balaban J connectivity index is 1.39. The largest absolute Gasteiger partial charge is 0.356 e. The van der Waals surface area contributed by atoms with Crippen molar-refractivity contribution >= 4 is 22.8 Å². The maximum atomic E-state index is 13.7. The molecule has 1 aliphatic heterocycles. The second-order valence-electron chi connectivity index (χ2n) is 11.8. The second-order valence-corrected chi connectivity index (χ2v) is 11.8. The molecular weight excluding hydrogens is 424 g/mol. The summed E-state index contributed by atoms with van der Waals surface area (Å²) in [6.45, 7) is 12.0. The Labute approximate surface area is 204 Å². The number of rotatable bonds is 4. The second kappa shape index (κ2) is 9.63. The summed E-state index contributed by atoms with van der Waals surface area (Å²) < 4.78 is 0. The molecule has 6 heteroatoms. The van der Waals surface area contributed by atoms with E-state index in [4.69, 9.17) is 0 Å². The molecule has 0 saturated heterocycles. The summed E-state index contributed by atoms with van der Waals surface area (Å²) in [7, 11) is 1.87. The predicted molar refractivity (Wildman–Crippen MR) is 138 cm³/mol. The van der Waals surface area contributed by atoms with Gasteiger partial charge in [0.15, 0.2) is 0 Å². The highest BCUT2D eigenvalue weighted by atomic mass is 16.2. The van der Waals surface area contributed by atoms with Gasteiger partial charge in [-0.15, -0.1) is 0 Å². The zero-order valence-electron chi connectivity index (χ0n) is 21.8. The molecule has 1 atom stereocenters. The van der Waals surface area contributed by atoms with E-state index in [0.29, 0.717) is 17.7 Å². The molecule has 1 aromatic carbocycles. The first-order valence-corrected chi connectivity index (χ1v) is 13.0. The molecule has 1 saturated carbocycles. The summed E-state index contributed by atoms with van der Waals surface area (Å²) in [5.41, 5.74) is 3.56. The zero-order chi connectivity index (χ0) is 24.6. The first-order chi connectivity index (χ1) is 16.0. The molecule has 2 aliphatic rings. The van der Waals surface area contributed by atoms with E-state index < -0.39 is 0 Å². The number of carbonyl (C=O) groups excluding carboxylic acids is 2. The number of fused-ring (bicyclic) bond motifs is 3. The molecule has 1 aromatic heterocycles. The third-order valence-electron chi connectivity index (χ3n) is 7.55. The average Bonchev–Trinajstić information content (AvgIpc) is 3.15. The van der Waals surface area contributed by atoms with Gasteiger partial charge in [0.1, 0.15) is 0 Å². The molecule has 2 aromatic rings. The number of para-hydroxylation sites is 1. The number of amides is 3. The first-order valence-electron chi connectivity index (χ1n) is 13.0. The lowest BCUT2D eigenvalue weighted by Gasteiger charge is -2.41. The van der Waals surface area contributed by atoms with Crippen molar-refractivity contribution in [3.8, 4) is 0 Å². The summed E-state index contributed by atoms with van der Waals surface area (Å²) in [4.78, 5) is 33.8. The van der Waals surface area contributed by atoms with Gasteiger partial charge in [-0.1, -0.05) is 32.0 Å². The Morgan fingerprint density at radius 1 is 1.15 bits per heavy atom. The van der Waals surface area contributed by atoms with E-state index in [1.807, 2.05) is 27.8 Å². The van der Waals surface area contributed by atoms with Crippen molar-refractivity contribution in [2.75, 3.05) is 20.1 Å². The quantitative estimate of drug-likeness (QED) is 0.625. The Kier molecular flexibility index (Phi) is 6.97. The number of hydrogen-bond donors (Lipinski definition) is 2. The highest BCUT2D eigenvalue weighted by Crippen LogP contribution is 2.40. The van der Waals surface area contributed by atoms with Crippen molar-refractivity contribution in [2.24, 2.45) is 17.8 Å². The lowest BCUT2D eigenvalue weighted by Crippen LogP contribution is -2.49. The van der Waals surface area contributed by atoms with Gasteiger partial charge in [-0.3, -0.25) is 4.79 Å². The summed E-state index contributed by atoms with van der Waals surface area (Å²) >= 11 is 0. The zero-order valence-corrected chi connectivity index (χ0v) is 21.8. The van der Waals surface area contributed by atoms with Gasteiger partial charge in [-0.2, -0.15) is 0 Å². The Morgan fingerprint density at radius 3 is 2.47 bits per heavy atom. The first kappa shape index (κ1) is 24.6. The fourth-order valence-corrected chi connectivity index (χ4v) is 5.92. The minimum atomic E-state index is -0.234. The van der Waals surface area contributed by atoms with E-state index in [1.165, 1.54) is 22.2 Å². The molecule has 4 rings (SSSR count). The third kappa shape index (κ3) is 5.11. The number of hydrogen-bond acceptors (Lipinski definition) is 2. The van der Waals surface area contributed by atoms with Gasteiger partial charge >= 0.3 is 6.03 Å². The van der Waals surface area contributed by atoms with Crippen LogP contribution in [0, 0.1) is 17.8 Å². The molecule has 0 radical (unpaired) electrons. The van der Waals surface area contributed by atoms with Crippen LogP contribution in [-0.4, -0.2) is 52.4 Å². The molecule has 6 nitrogen and oxygen atoms in total. The Hall–Kier alpha value is -2.50. The van der Waals surface area contributed by atoms with Crippen LogP contribution in [0.15, 0.2) is 24.3 Å². The fourth-order valence-electron chi connectivity index (χ4n) is 5.92. The average molecular weight is 467 g/mol. The fraction of sp³-hybridized carbons (Fsp3) is 0.643. The van der Waals surface area contributed by atoms with Gasteiger partial charge in [0.25, 0.3) is 0 Å². The maximum Gasteiger partial charge on any atom is 0.317 e. The smallest absolute Gasteiger partial charge is 0.317 e. The van der Waals surface area contributed by atoms with E-state index in [0.717, 1.165) is 45.2 Å². The number of aromatic nitrogens is 1. The van der Waals surface area contributed by atoms with Crippen molar-refractivity contribution in [3.05, 3.63) is 35.5 Å². The van der Waals surface area contributed by atoms with Gasteiger partial charge in [-0.25, -0.2) is 4.79 Å². The third-order valence-corrected chi connectivity index (χ3v) is 7.55. The maximum absolute atomic E-state index is 13.7. The molecule has 1 aliphatic carbocycles. The molecule has 2 heterocycles. The summed E-state index contributed by atoms with van der Waals surface area (Å²) in [5, 5.41) is 4.34. The highest BCUT2D eigenvalue weighted by molar-refractivity contribution is 5.86. The lowest BCUT2D eigenvalue weighted by atomic mass is 9.80. The number of aromatic amines is 1. The van der Waals surface area contributed by atoms with E-state index in [-0.39, 0.29) is 23.5 Å². The number of benzene rings is 1. The minimum absolute atomic E-state index is 0.0204. The molecule has 0 bridgehead atoms. The number of nitrogens with one attached hydrogen (secondary N) is 2. The van der Waals surface area contributed by atoms with Crippen molar-refractivity contribution in [1.29, 1.82) is 0 Å². The van der Waals surface area contributed by atoms with Gasteiger partial charge in [0.2, 0.25) is 5.91 Å². The highest BCUT2D eigenvalue weighted by Gasteiger charge is 2.39. The van der Waals surface area contributed by atoms with Crippen LogP contribution < -0.4 is 5.32 Å². The molecule has 0 spiro atoms. The normalized spacial score (nSPS) is 23.1. The van der Waals surface area contributed by atoms with Crippen molar-refractivity contribution in [2.45, 2.75) is 78.3 Å².